The third kappa shape index (κ3) is 6.36. The molecule has 0 saturated carbocycles. The van der Waals surface area contributed by atoms with E-state index in [0.29, 0.717) is 15.6 Å². The smallest absolute Gasteiger partial charge is 0.271 e. The van der Waals surface area contributed by atoms with Crippen molar-refractivity contribution in [3.63, 3.8) is 0 Å². The number of aryl methyl sites for hydroxylation is 1. The fourth-order valence-corrected chi connectivity index (χ4v) is 5.49. The molecule has 1 fully saturated rings. The Labute approximate surface area is 239 Å². The average Bonchev–Trinajstić information content (AvgIpc) is 3.22. The van der Waals surface area contributed by atoms with Crippen molar-refractivity contribution < 1.29 is 4.79 Å². The van der Waals surface area contributed by atoms with Crippen molar-refractivity contribution in [1.82, 2.24) is 14.9 Å². The first-order valence-corrected chi connectivity index (χ1v) is 13.7. The van der Waals surface area contributed by atoms with Crippen molar-refractivity contribution in [2.75, 3.05) is 31.1 Å². The molecule has 1 aromatic heterocycles. The molecule has 5 rings (SSSR count). The topological polar surface area (TPSA) is 52.9 Å². The lowest BCUT2D eigenvalue weighted by atomic mass is 10.1. The summed E-state index contributed by atoms with van der Waals surface area (Å²) in [6.07, 6.45) is 1.66. The van der Waals surface area contributed by atoms with Gasteiger partial charge < -0.3 is 9.47 Å². The number of hydrogen-bond acceptors (Lipinski definition) is 4. The molecule has 8 heteroatoms. The minimum Gasteiger partial charge on any atom is -0.369 e. The van der Waals surface area contributed by atoms with Crippen LogP contribution in [0.15, 0.2) is 84.0 Å². The molecular formula is C31H31Cl2N5O. The normalized spacial score (nSPS) is 14.2. The highest BCUT2D eigenvalue weighted by Gasteiger charge is 2.17. The number of aromatic nitrogens is 1. The average molecular weight is 561 g/mol. The van der Waals surface area contributed by atoms with Crippen LogP contribution < -0.4 is 10.3 Å². The first kappa shape index (κ1) is 27.0. The molecule has 1 aliphatic rings. The molecule has 3 aromatic carbocycles. The number of amides is 1. The molecule has 0 atom stereocenters. The number of hydrogen-bond donors (Lipinski definition) is 1. The van der Waals surface area contributed by atoms with E-state index in [-0.39, 0.29) is 5.91 Å². The quantitative estimate of drug-likeness (QED) is 0.208. The van der Waals surface area contributed by atoms with Crippen LogP contribution in [0.4, 0.5) is 5.69 Å². The standard InChI is InChI=1S/C31H31Cl2N5O/c1-22-18-26(23(2)38(22)30-13-12-27(32)19-29(30)33)20-34-35-31(39)25-10-8-24(9-11-25)21-36-14-16-37(17-15-36)28-6-4-3-5-7-28/h3-13,18-20H,14-17,21H2,1-2H3,(H,35,39)/b34-20+. The van der Waals surface area contributed by atoms with E-state index in [4.69, 9.17) is 23.2 Å². The number of carbonyl (C=O) groups is 1. The summed E-state index contributed by atoms with van der Waals surface area (Å²) in [6, 6.07) is 25.7. The highest BCUT2D eigenvalue weighted by atomic mass is 35.5. The van der Waals surface area contributed by atoms with E-state index in [0.717, 1.165) is 55.4 Å². The van der Waals surface area contributed by atoms with Gasteiger partial charge in [-0.05, 0) is 67.9 Å². The maximum absolute atomic E-state index is 12.7. The van der Waals surface area contributed by atoms with Gasteiger partial charge in [0, 0.05) is 65.9 Å². The fraction of sp³-hybridized carbons (Fsp3) is 0.226. The van der Waals surface area contributed by atoms with Gasteiger partial charge in [0.2, 0.25) is 0 Å². The summed E-state index contributed by atoms with van der Waals surface area (Å²) >= 11 is 12.5. The van der Waals surface area contributed by atoms with Crippen LogP contribution in [0.2, 0.25) is 10.0 Å². The van der Waals surface area contributed by atoms with E-state index in [1.54, 1.807) is 12.3 Å². The van der Waals surface area contributed by atoms with E-state index in [1.165, 1.54) is 11.3 Å². The molecular weight excluding hydrogens is 529 g/mol. The number of rotatable bonds is 7. The van der Waals surface area contributed by atoms with Gasteiger partial charge in [-0.2, -0.15) is 5.10 Å². The second-order valence-electron chi connectivity index (χ2n) is 9.75. The zero-order valence-electron chi connectivity index (χ0n) is 22.1. The van der Waals surface area contributed by atoms with E-state index >= 15 is 0 Å². The molecule has 0 unspecified atom stereocenters. The van der Waals surface area contributed by atoms with Crippen molar-refractivity contribution in [3.8, 4) is 5.69 Å². The van der Waals surface area contributed by atoms with E-state index in [9.17, 15) is 4.79 Å². The Morgan fingerprint density at radius 3 is 2.33 bits per heavy atom. The molecule has 2 heterocycles. The SMILES string of the molecule is Cc1cc(/C=N/NC(=O)c2ccc(CN3CCN(c4ccccc4)CC3)cc2)c(C)n1-c1ccc(Cl)cc1Cl. The van der Waals surface area contributed by atoms with Crippen LogP contribution in [0, 0.1) is 13.8 Å². The van der Waals surface area contributed by atoms with Crippen molar-refractivity contribution >= 4 is 41.0 Å². The third-order valence-electron chi connectivity index (χ3n) is 7.11. The lowest BCUT2D eigenvalue weighted by molar-refractivity contribution is 0.0955. The zero-order chi connectivity index (χ0) is 27.4. The number of carbonyl (C=O) groups excluding carboxylic acids is 1. The Bertz CT molecular complexity index is 1470. The van der Waals surface area contributed by atoms with Crippen LogP contribution in [0.1, 0.15) is 32.9 Å². The summed E-state index contributed by atoms with van der Waals surface area (Å²) < 4.78 is 2.04. The molecule has 1 saturated heterocycles. The molecule has 1 aliphatic heterocycles. The van der Waals surface area contributed by atoms with Gasteiger partial charge in [-0.15, -0.1) is 0 Å². The largest absolute Gasteiger partial charge is 0.369 e. The first-order valence-electron chi connectivity index (χ1n) is 13.0. The van der Waals surface area contributed by atoms with Gasteiger partial charge in [0.15, 0.2) is 0 Å². The van der Waals surface area contributed by atoms with Crippen LogP contribution in [-0.4, -0.2) is 47.8 Å². The Balaban J connectivity index is 1.15. The predicted octanol–water partition coefficient (Wildman–Crippen LogP) is 6.49. The molecule has 4 aromatic rings. The van der Waals surface area contributed by atoms with Crippen LogP contribution in [0.25, 0.3) is 5.69 Å². The monoisotopic (exact) mass is 559 g/mol. The van der Waals surface area contributed by atoms with Crippen LogP contribution in [-0.2, 0) is 6.54 Å². The molecule has 6 nitrogen and oxygen atoms in total. The Kier molecular flexibility index (Phi) is 8.36. The van der Waals surface area contributed by atoms with Gasteiger partial charge in [-0.3, -0.25) is 9.69 Å². The van der Waals surface area contributed by atoms with Gasteiger partial charge >= 0.3 is 0 Å². The van der Waals surface area contributed by atoms with E-state index < -0.39 is 0 Å². The maximum Gasteiger partial charge on any atom is 0.271 e. The second-order valence-corrected chi connectivity index (χ2v) is 10.6. The molecule has 1 amide bonds. The van der Waals surface area contributed by atoms with Crippen LogP contribution in [0.3, 0.4) is 0 Å². The Morgan fingerprint density at radius 1 is 0.923 bits per heavy atom. The number of benzene rings is 3. The minimum absolute atomic E-state index is 0.246. The minimum atomic E-state index is -0.246. The molecule has 0 spiro atoms. The summed E-state index contributed by atoms with van der Waals surface area (Å²) in [4.78, 5) is 17.6. The zero-order valence-corrected chi connectivity index (χ0v) is 23.6. The molecule has 0 aliphatic carbocycles. The van der Waals surface area contributed by atoms with Gasteiger partial charge in [-0.25, -0.2) is 5.43 Å². The summed E-state index contributed by atoms with van der Waals surface area (Å²) in [5.74, 6) is -0.246. The summed E-state index contributed by atoms with van der Waals surface area (Å²) in [5, 5.41) is 5.36. The number of para-hydroxylation sites is 1. The maximum atomic E-state index is 12.7. The molecule has 0 radical (unpaired) electrons. The second kappa shape index (κ2) is 12.1. The lowest BCUT2D eigenvalue weighted by Crippen LogP contribution is -2.45. The van der Waals surface area contributed by atoms with Gasteiger partial charge in [0.25, 0.3) is 5.91 Å². The number of anilines is 1. The molecule has 0 bridgehead atoms. The highest BCUT2D eigenvalue weighted by Crippen LogP contribution is 2.28. The van der Waals surface area contributed by atoms with Crippen molar-refractivity contribution in [1.29, 1.82) is 0 Å². The summed E-state index contributed by atoms with van der Waals surface area (Å²) in [5.41, 5.74) is 9.39. The van der Waals surface area contributed by atoms with Gasteiger partial charge in [-0.1, -0.05) is 53.5 Å². The molecule has 200 valence electrons. The highest BCUT2D eigenvalue weighted by molar-refractivity contribution is 6.35. The number of piperazine rings is 1. The number of nitrogens with zero attached hydrogens (tertiary/aromatic N) is 4. The summed E-state index contributed by atoms with van der Waals surface area (Å²) in [7, 11) is 0. The predicted molar refractivity (Wildman–Crippen MR) is 161 cm³/mol. The molecule has 39 heavy (non-hydrogen) atoms. The number of hydrazone groups is 1. The molecule has 1 N–H and O–H groups in total. The first-order chi connectivity index (χ1) is 18.9. The van der Waals surface area contributed by atoms with E-state index in [1.807, 2.05) is 60.9 Å². The third-order valence-corrected chi connectivity index (χ3v) is 7.64. The number of halogens is 2. The van der Waals surface area contributed by atoms with Crippen LogP contribution in [0.5, 0.6) is 0 Å². The van der Waals surface area contributed by atoms with Crippen LogP contribution >= 0.6 is 23.2 Å². The number of nitrogens with one attached hydrogen (secondary N) is 1. The Morgan fingerprint density at radius 2 is 1.64 bits per heavy atom. The van der Waals surface area contributed by atoms with Crippen molar-refractivity contribution in [2.24, 2.45) is 5.10 Å². The lowest BCUT2D eigenvalue weighted by Gasteiger charge is -2.36. The van der Waals surface area contributed by atoms with E-state index in [2.05, 4.69) is 50.7 Å². The van der Waals surface area contributed by atoms with Gasteiger partial charge in [0.1, 0.15) is 0 Å². The summed E-state index contributed by atoms with van der Waals surface area (Å²) in [6.45, 7) is 8.90. The fourth-order valence-electron chi connectivity index (χ4n) is 5.00. The van der Waals surface area contributed by atoms with Crippen molar-refractivity contribution in [3.05, 3.63) is 117 Å². The van der Waals surface area contributed by atoms with Crippen molar-refractivity contribution in [2.45, 2.75) is 20.4 Å². The Hall–Kier alpha value is -3.58. The van der Waals surface area contributed by atoms with Gasteiger partial charge in [0.05, 0.1) is 16.9 Å².